The van der Waals surface area contributed by atoms with Gasteiger partial charge in [0, 0.05) is 16.5 Å². The van der Waals surface area contributed by atoms with Crippen molar-refractivity contribution in [2.45, 2.75) is 27.2 Å². The Balaban J connectivity index is 2.34. The van der Waals surface area contributed by atoms with Crippen LogP contribution in [0.1, 0.15) is 32.6 Å². The topological polar surface area (TPSA) is 17.1 Å². The molecule has 0 aliphatic rings. The Morgan fingerprint density at radius 2 is 1.58 bits per heavy atom. The fraction of sp³-hybridized carbons (Fsp3) is 0.235. The summed E-state index contributed by atoms with van der Waals surface area (Å²) in [5.41, 5.74) is 5.32. The van der Waals surface area contributed by atoms with Crippen LogP contribution in [0.25, 0.3) is 0 Å². The molecule has 0 aliphatic heterocycles. The maximum Gasteiger partial charge on any atom is 0.167 e. The third kappa shape index (κ3) is 2.95. The van der Waals surface area contributed by atoms with E-state index in [2.05, 4.69) is 41.9 Å². The van der Waals surface area contributed by atoms with Crippen LogP contribution < -0.4 is 0 Å². The largest absolute Gasteiger partial charge is 0.294 e. The van der Waals surface area contributed by atoms with Crippen molar-refractivity contribution in [3.05, 3.63) is 68.7 Å². The fourth-order valence-electron chi connectivity index (χ4n) is 2.29. The SMILES string of the molecule is Cc1cccc(C)c1CC(=O)c1cccc(Br)c1C. The number of hydrogen-bond donors (Lipinski definition) is 0. The van der Waals surface area contributed by atoms with E-state index in [4.69, 9.17) is 0 Å². The molecule has 0 aliphatic carbocycles. The maximum atomic E-state index is 12.5. The van der Waals surface area contributed by atoms with Gasteiger partial charge in [0.2, 0.25) is 0 Å². The summed E-state index contributed by atoms with van der Waals surface area (Å²) < 4.78 is 0.986. The van der Waals surface area contributed by atoms with Crippen LogP contribution in [0.4, 0.5) is 0 Å². The molecule has 0 unspecified atom stereocenters. The molecule has 2 heteroatoms. The van der Waals surface area contributed by atoms with Gasteiger partial charge in [-0.2, -0.15) is 0 Å². The van der Waals surface area contributed by atoms with Crippen molar-refractivity contribution in [1.29, 1.82) is 0 Å². The standard InChI is InChI=1S/C17H17BrO/c1-11-6-4-7-12(2)15(11)10-17(19)14-8-5-9-16(18)13(14)3/h4-9H,10H2,1-3H3. The first-order chi connectivity index (χ1) is 9.00. The van der Waals surface area contributed by atoms with Crippen LogP contribution in [0.3, 0.4) is 0 Å². The Morgan fingerprint density at radius 1 is 1.00 bits per heavy atom. The van der Waals surface area contributed by atoms with Gasteiger partial charge in [0.15, 0.2) is 5.78 Å². The van der Waals surface area contributed by atoms with Crippen molar-refractivity contribution in [3.63, 3.8) is 0 Å². The molecule has 2 rings (SSSR count). The monoisotopic (exact) mass is 316 g/mol. The first kappa shape index (κ1) is 14.0. The number of aryl methyl sites for hydroxylation is 2. The third-order valence-electron chi connectivity index (χ3n) is 3.55. The van der Waals surface area contributed by atoms with Crippen molar-refractivity contribution in [1.82, 2.24) is 0 Å². The summed E-state index contributed by atoms with van der Waals surface area (Å²) in [6.07, 6.45) is 0.468. The quantitative estimate of drug-likeness (QED) is 0.743. The highest BCUT2D eigenvalue weighted by Crippen LogP contribution is 2.22. The first-order valence-electron chi connectivity index (χ1n) is 6.34. The van der Waals surface area contributed by atoms with Gasteiger partial charge in [-0.1, -0.05) is 46.3 Å². The zero-order valence-corrected chi connectivity index (χ0v) is 13.0. The van der Waals surface area contributed by atoms with Gasteiger partial charge in [-0.25, -0.2) is 0 Å². The Hall–Kier alpha value is -1.41. The molecule has 1 nitrogen and oxygen atoms in total. The number of rotatable bonds is 3. The summed E-state index contributed by atoms with van der Waals surface area (Å²) in [6, 6.07) is 11.9. The lowest BCUT2D eigenvalue weighted by atomic mass is 9.94. The molecule has 0 radical (unpaired) electrons. The molecule has 0 saturated carbocycles. The normalized spacial score (nSPS) is 10.5. The zero-order valence-electron chi connectivity index (χ0n) is 11.5. The number of ketones is 1. The molecule has 0 fully saturated rings. The van der Waals surface area contributed by atoms with Crippen LogP contribution in [0, 0.1) is 20.8 Å². The van der Waals surface area contributed by atoms with E-state index in [-0.39, 0.29) is 5.78 Å². The molecule has 0 N–H and O–H groups in total. The minimum absolute atomic E-state index is 0.177. The van der Waals surface area contributed by atoms with Crippen LogP contribution in [0.15, 0.2) is 40.9 Å². The molecule has 19 heavy (non-hydrogen) atoms. The van der Waals surface area contributed by atoms with E-state index in [0.29, 0.717) is 6.42 Å². The first-order valence-corrected chi connectivity index (χ1v) is 7.13. The van der Waals surface area contributed by atoms with Crippen LogP contribution in [-0.4, -0.2) is 5.78 Å². The second-order valence-corrected chi connectivity index (χ2v) is 5.74. The van der Waals surface area contributed by atoms with Crippen LogP contribution in [-0.2, 0) is 6.42 Å². The van der Waals surface area contributed by atoms with Gasteiger partial charge in [-0.3, -0.25) is 4.79 Å². The second kappa shape index (κ2) is 5.70. The summed E-state index contributed by atoms with van der Waals surface area (Å²) in [6.45, 7) is 6.09. The molecular formula is C17H17BrO. The molecule has 0 saturated heterocycles. The number of benzene rings is 2. The highest BCUT2D eigenvalue weighted by Gasteiger charge is 2.13. The van der Waals surface area contributed by atoms with Gasteiger partial charge in [0.05, 0.1) is 0 Å². The van der Waals surface area contributed by atoms with E-state index in [1.54, 1.807) is 0 Å². The van der Waals surface area contributed by atoms with E-state index >= 15 is 0 Å². The summed E-state index contributed by atoms with van der Waals surface area (Å²) >= 11 is 3.48. The van der Waals surface area contributed by atoms with E-state index in [9.17, 15) is 4.79 Å². The van der Waals surface area contributed by atoms with Crippen molar-refractivity contribution >= 4 is 21.7 Å². The van der Waals surface area contributed by atoms with Gasteiger partial charge in [-0.05, 0) is 49.1 Å². The summed E-state index contributed by atoms with van der Waals surface area (Å²) in [4.78, 5) is 12.5. The van der Waals surface area contributed by atoms with Crippen LogP contribution in [0.5, 0.6) is 0 Å². The van der Waals surface area contributed by atoms with Gasteiger partial charge in [0.25, 0.3) is 0 Å². The summed E-state index contributed by atoms with van der Waals surface area (Å²) in [5, 5.41) is 0. The lowest BCUT2D eigenvalue weighted by Gasteiger charge is -2.11. The van der Waals surface area contributed by atoms with Crippen molar-refractivity contribution < 1.29 is 4.79 Å². The average molecular weight is 317 g/mol. The molecular weight excluding hydrogens is 300 g/mol. The average Bonchev–Trinajstić information content (AvgIpc) is 2.37. The van der Waals surface area contributed by atoms with Crippen LogP contribution in [0.2, 0.25) is 0 Å². The maximum absolute atomic E-state index is 12.5. The van der Waals surface area contributed by atoms with Gasteiger partial charge in [0.1, 0.15) is 0 Å². The smallest absolute Gasteiger partial charge is 0.167 e. The third-order valence-corrected chi connectivity index (χ3v) is 4.41. The molecule has 0 spiro atoms. The molecule has 2 aromatic carbocycles. The van der Waals surface area contributed by atoms with Gasteiger partial charge < -0.3 is 0 Å². The van der Waals surface area contributed by atoms with E-state index in [0.717, 1.165) is 21.2 Å². The number of Topliss-reactive ketones (excluding diaryl/α,β-unsaturated/α-hetero) is 1. The molecule has 2 aromatic rings. The molecule has 0 aromatic heterocycles. The lowest BCUT2D eigenvalue weighted by molar-refractivity contribution is 0.0992. The van der Waals surface area contributed by atoms with Crippen LogP contribution >= 0.6 is 15.9 Å². The number of hydrogen-bond acceptors (Lipinski definition) is 1. The molecule has 0 bridgehead atoms. The highest BCUT2D eigenvalue weighted by molar-refractivity contribution is 9.10. The fourth-order valence-corrected chi connectivity index (χ4v) is 2.66. The van der Waals surface area contributed by atoms with Gasteiger partial charge in [-0.15, -0.1) is 0 Å². The molecule has 0 heterocycles. The number of carbonyl (C=O) groups excluding carboxylic acids is 1. The predicted octanol–water partition coefficient (Wildman–Crippen LogP) is 4.80. The van der Waals surface area contributed by atoms with Gasteiger partial charge >= 0.3 is 0 Å². The Kier molecular flexibility index (Phi) is 4.20. The van der Waals surface area contributed by atoms with E-state index < -0.39 is 0 Å². The van der Waals surface area contributed by atoms with E-state index in [1.165, 1.54) is 11.1 Å². The van der Waals surface area contributed by atoms with Crippen molar-refractivity contribution in [3.8, 4) is 0 Å². The van der Waals surface area contributed by atoms with Crippen molar-refractivity contribution in [2.24, 2.45) is 0 Å². The summed E-state index contributed by atoms with van der Waals surface area (Å²) in [7, 11) is 0. The lowest BCUT2D eigenvalue weighted by Crippen LogP contribution is -2.08. The second-order valence-electron chi connectivity index (χ2n) is 4.88. The summed E-state index contributed by atoms with van der Waals surface area (Å²) in [5.74, 6) is 0.177. The Bertz CT molecular complexity index is 609. The predicted molar refractivity (Wildman–Crippen MR) is 82.8 cm³/mol. The molecule has 98 valence electrons. The van der Waals surface area contributed by atoms with Crippen molar-refractivity contribution in [2.75, 3.05) is 0 Å². The molecule has 0 amide bonds. The molecule has 0 atom stereocenters. The Labute approximate surface area is 122 Å². The minimum Gasteiger partial charge on any atom is -0.294 e. The number of halogens is 1. The van der Waals surface area contributed by atoms with E-state index in [1.807, 2.05) is 31.2 Å². The Morgan fingerprint density at radius 3 is 2.21 bits per heavy atom. The minimum atomic E-state index is 0.177. The highest BCUT2D eigenvalue weighted by atomic mass is 79.9. The number of carbonyl (C=O) groups is 1. The zero-order chi connectivity index (χ0) is 14.0.